The van der Waals surface area contributed by atoms with Crippen LogP contribution in [-0.2, 0) is 0 Å². The van der Waals surface area contributed by atoms with E-state index in [2.05, 4.69) is 11.4 Å². The molecule has 84 valence electrons. The molecular formula is C12H12Cl2N2. The van der Waals surface area contributed by atoms with E-state index in [9.17, 15) is 0 Å². The molecule has 2 nitrogen and oxygen atoms in total. The van der Waals surface area contributed by atoms with Crippen molar-refractivity contribution in [3.05, 3.63) is 28.2 Å². The van der Waals surface area contributed by atoms with Gasteiger partial charge >= 0.3 is 0 Å². The number of benzene rings is 1. The van der Waals surface area contributed by atoms with Crippen molar-refractivity contribution >= 4 is 28.9 Å². The maximum atomic E-state index is 9.08. The third kappa shape index (κ3) is 2.26. The Morgan fingerprint density at radius 1 is 1.38 bits per heavy atom. The van der Waals surface area contributed by atoms with E-state index in [1.54, 1.807) is 12.1 Å². The summed E-state index contributed by atoms with van der Waals surface area (Å²) in [6, 6.07) is 7.71. The van der Waals surface area contributed by atoms with Crippen LogP contribution in [0.25, 0.3) is 0 Å². The van der Waals surface area contributed by atoms with Crippen molar-refractivity contribution in [2.24, 2.45) is 5.41 Å². The van der Waals surface area contributed by atoms with Gasteiger partial charge in [0.1, 0.15) is 0 Å². The van der Waals surface area contributed by atoms with Gasteiger partial charge in [0.2, 0.25) is 0 Å². The van der Waals surface area contributed by atoms with Crippen molar-refractivity contribution in [2.45, 2.75) is 19.3 Å². The van der Waals surface area contributed by atoms with Crippen LogP contribution >= 0.6 is 23.2 Å². The summed E-state index contributed by atoms with van der Waals surface area (Å²) in [5.74, 6) is 0. The number of nitrogens with one attached hydrogen (secondary N) is 1. The molecule has 0 heterocycles. The zero-order valence-corrected chi connectivity index (χ0v) is 10.3. The van der Waals surface area contributed by atoms with Crippen LogP contribution in [0.1, 0.15) is 19.3 Å². The summed E-state index contributed by atoms with van der Waals surface area (Å²) in [7, 11) is 0. The topological polar surface area (TPSA) is 35.8 Å². The average Bonchev–Trinajstić information content (AvgIpc) is 2.19. The number of hydrogen-bond donors (Lipinski definition) is 1. The lowest BCUT2D eigenvalue weighted by Gasteiger charge is -2.35. The Kier molecular flexibility index (Phi) is 3.28. The summed E-state index contributed by atoms with van der Waals surface area (Å²) in [6.45, 7) is 0.658. The molecule has 16 heavy (non-hydrogen) atoms. The first-order chi connectivity index (χ1) is 7.65. The maximum absolute atomic E-state index is 9.08. The number of halogens is 2. The number of nitriles is 1. The van der Waals surface area contributed by atoms with Crippen LogP contribution in [0.4, 0.5) is 5.69 Å². The molecule has 1 fully saturated rings. The fourth-order valence-electron chi connectivity index (χ4n) is 1.83. The number of nitrogens with zero attached hydrogens (tertiary/aromatic N) is 1. The van der Waals surface area contributed by atoms with Gasteiger partial charge in [-0.05, 0) is 31.0 Å². The van der Waals surface area contributed by atoms with E-state index in [4.69, 9.17) is 28.5 Å². The molecule has 1 aromatic carbocycles. The molecule has 1 aliphatic carbocycles. The highest BCUT2D eigenvalue weighted by atomic mass is 35.5. The van der Waals surface area contributed by atoms with Gasteiger partial charge in [-0.3, -0.25) is 0 Å². The number of rotatable bonds is 3. The van der Waals surface area contributed by atoms with Gasteiger partial charge in [-0.25, -0.2) is 0 Å². The van der Waals surface area contributed by atoms with E-state index in [1.165, 1.54) is 0 Å². The van der Waals surface area contributed by atoms with Crippen LogP contribution in [-0.4, -0.2) is 6.54 Å². The van der Waals surface area contributed by atoms with Crippen LogP contribution in [0.5, 0.6) is 0 Å². The van der Waals surface area contributed by atoms with Crippen molar-refractivity contribution in [3.63, 3.8) is 0 Å². The van der Waals surface area contributed by atoms with Crippen LogP contribution in [0, 0.1) is 16.7 Å². The van der Waals surface area contributed by atoms with E-state index < -0.39 is 0 Å². The van der Waals surface area contributed by atoms with Gasteiger partial charge in [-0.1, -0.05) is 29.6 Å². The Labute approximate surface area is 105 Å². The first kappa shape index (κ1) is 11.6. The minimum absolute atomic E-state index is 0.192. The van der Waals surface area contributed by atoms with Crippen molar-refractivity contribution in [3.8, 4) is 6.07 Å². The smallest absolute Gasteiger partial charge is 0.0746 e. The molecule has 1 aromatic rings. The summed E-state index contributed by atoms with van der Waals surface area (Å²) >= 11 is 11.8. The van der Waals surface area contributed by atoms with E-state index in [-0.39, 0.29) is 5.41 Å². The van der Waals surface area contributed by atoms with E-state index in [0.717, 1.165) is 24.9 Å². The fraction of sp³-hybridized carbons (Fsp3) is 0.417. The highest BCUT2D eigenvalue weighted by Gasteiger charge is 2.36. The highest BCUT2D eigenvalue weighted by molar-refractivity contribution is 6.36. The van der Waals surface area contributed by atoms with Gasteiger partial charge in [0, 0.05) is 11.6 Å². The summed E-state index contributed by atoms with van der Waals surface area (Å²) in [5, 5.41) is 13.5. The van der Waals surface area contributed by atoms with Crippen LogP contribution in [0.2, 0.25) is 10.0 Å². The molecule has 1 saturated carbocycles. The maximum Gasteiger partial charge on any atom is 0.0746 e. The van der Waals surface area contributed by atoms with Crippen molar-refractivity contribution < 1.29 is 0 Å². The molecule has 1 aliphatic rings. The Balaban J connectivity index is 2.02. The van der Waals surface area contributed by atoms with E-state index >= 15 is 0 Å². The van der Waals surface area contributed by atoms with Gasteiger partial charge in [0.25, 0.3) is 0 Å². The minimum atomic E-state index is -0.192. The second-order valence-electron chi connectivity index (χ2n) is 4.22. The molecule has 4 heteroatoms. The number of anilines is 1. The zero-order valence-electron chi connectivity index (χ0n) is 8.76. The fourth-order valence-corrected chi connectivity index (χ4v) is 2.30. The molecule has 0 saturated heterocycles. The predicted molar refractivity (Wildman–Crippen MR) is 66.8 cm³/mol. The Morgan fingerprint density at radius 3 is 2.62 bits per heavy atom. The molecule has 0 unspecified atom stereocenters. The van der Waals surface area contributed by atoms with Crippen LogP contribution < -0.4 is 5.32 Å². The van der Waals surface area contributed by atoms with Crippen molar-refractivity contribution in [1.82, 2.24) is 0 Å². The Bertz CT molecular complexity index is 433. The molecule has 1 N–H and O–H groups in total. The molecular weight excluding hydrogens is 243 g/mol. The van der Waals surface area contributed by atoms with E-state index in [1.807, 2.05) is 6.07 Å². The van der Waals surface area contributed by atoms with Gasteiger partial charge < -0.3 is 5.32 Å². The predicted octanol–water partition coefficient (Wildman–Crippen LogP) is 4.10. The largest absolute Gasteiger partial charge is 0.382 e. The standard InChI is InChI=1S/C12H12Cl2N2/c13-9-2-3-11(10(14)6-9)16-8-12(7-15)4-1-5-12/h2-3,6,16H,1,4-5,8H2. The van der Waals surface area contributed by atoms with Gasteiger partial charge in [-0.2, -0.15) is 5.26 Å². The Morgan fingerprint density at radius 2 is 2.12 bits per heavy atom. The lowest BCUT2D eigenvalue weighted by Crippen LogP contribution is -2.35. The van der Waals surface area contributed by atoms with Crippen molar-refractivity contribution in [1.29, 1.82) is 5.26 Å². The molecule has 0 aliphatic heterocycles. The quantitative estimate of drug-likeness (QED) is 0.882. The molecule has 0 amide bonds. The van der Waals surface area contributed by atoms with Gasteiger partial charge in [-0.15, -0.1) is 0 Å². The van der Waals surface area contributed by atoms with Crippen LogP contribution in [0.15, 0.2) is 18.2 Å². The van der Waals surface area contributed by atoms with Crippen LogP contribution in [0.3, 0.4) is 0 Å². The number of hydrogen-bond acceptors (Lipinski definition) is 2. The summed E-state index contributed by atoms with van der Waals surface area (Å²) in [4.78, 5) is 0. The molecule has 0 radical (unpaired) electrons. The first-order valence-corrected chi connectivity index (χ1v) is 6.01. The van der Waals surface area contributed by atoms with Gasteiger partial charge in [0.15, 0.2) is 0 Å². The average molecular weight is 255 g/mol. The molecule has 0 atom stereocenters. The third-order valence-electron chi connectivity index (χ3n) is 3.10. The highest BCUT2D eigenvalue weighted by Crippen LogP contribution is 2.40. The molecule has 0 bridgehead atoms. The summed E-state index contributed by atoms with van der Waals surface area (Å²) < 4.78 is 0. The van der Waals surface area contributed by atoms with Gasteiger partial charge in [0.05, 0.1) is 22.2 Å². The molecule has 2 rings (SSSR count). The second kappa shape index (κ2) is 4.53. The second-order valence-corrected chi connectivity index (χ2v) is 5.07. The molecule has 0 spiro atoms. The Hall–Kier alpha value is -0.910. The normalized spacial score (nSPS) is 17.3. The monoisotopic (exact) mass is 254 g/mol. The SMILES string of the molecule is N#CC1(CNc2ccc(Cl)cc2Cl)CCC1. The summed E-state index contributed by atoms with van der Waals surface area (Å²) in [5.41, 5.74) is 0.649. The summed E-state index contributed by atoms with van der Waals surface area (Å²) in [6.07, 6.45) is 3.09. The zero-order chi connectivity index (χ0) is 11.6. The lowest BCUT2D eigenvalue weighted by atomic mass is 9.70. The first-order valence-electron chi connectivity index (χ1n) is 5.25. The van der Waals surface area contributed by atoms with Crippen molar-refractivity contribution in [2.75, 3.05) is 11.9 Å². The lowest BCUT2D eigenvalue weighted by molar-refractivity contribution is 0.233. The molecule has 0 aromatic heterocycles. The van der Waals surface area contributed by atoms with E-state index in [0.29, 0.717) is 16.6 Å². The third-order valence-corrected chi connectivity index (χ3v) is 3.64. The minimum Gasteiger partial charge on any atom is -0.382 e.